The van der Waals surface area contributed by atoms with Gasteiger partial charge >= 0.3 is 0 Å². The van der Waals surface area contributed by atoms with E-state index in [1.807, 2.05) is 0 Å². The molecule has 2 rings (SSSR count). The first kappa shape index (κ1) is 10.5. The van der Waals surface area contributed by atoms with Gasteiger partial charge in [0.15, 0.2) is 0 Å². The van der Waals surface area contributed by atoms with E-state index in [-0.39, 0.29) is 0 Å². The fraction of sp³-hybridized carbons (Fsp3) is 0.538. The average Bonchev–Trinajstić information content (AvgIpc) is 2.63. The van der Waals surface area contributed by atoms with E-state index in [4.69, 9.17) is 0 Å². The van der Waals surface area contributed by atoms with Crippen LogP contribution in [0.2, 0.25) is 0 Å². The first-order valence-electron chi connectivity index (χ1n) is 5.72. The Labute approximate surface area is 92.1 Å². The van der Waals surface area contributed by atoms with Gasteiger partial charge in [0.05, 0.1) is 0 Å². The summed E-state index contributed by atoms with van der Waals surface area (Å²) in [6.45, 7) is 8.75. The zero-order chi connectivity index (χ0) is 10.8. The highest BCUT2D eigenvalue weighted by Gasteiger charge is 2.15. The third-order valence-electron chi connectivity index (χ3n) is 3.09. The second-order valence-electron chi connectivity index (χ2n) is 4.61. The summed E-state index contributed by atoms with van der Waals surface area (Å²) in [5.74, 6) is 0. The second kappa shape index (κ2) is 4.23. The minimum absolute atomic E-state index is 0.602. The lowest BCUT2D eigenvalue weighted by molar-refractivity contribution is 0.791. The molecule has 1 unspecified atom stereocenters. The van der Waals surface area contributed by atoms with Crippen molar-refractivity contribution in [1.82, 2.24) is 5.32 Å². The average molecular weight is 204 g/mol. The Hall–Kier alpha value is -1.02. The molecule has 0 aromatic heterocycles. The Morgan fingerprint density at radius 3 is 2.40 bits per heavy atom. The Balaban J connectivity index is 2.19. The van der Waals surface area contributed by atoms with E-state index in [9.17, 15) is 0 Å². The van der Waals surface area contributed by atoms with Crippen LogP contribution in [0, 0.1) is 20.8 Å². The first-order valence-corrected chi connectivity index (χ1v) is 5.72. The first-order chi connectivity index (χ1) is 7.16. The zero-order valence-electron chi connectivity index (χ0n) is 9.85. The van der Waals surface area contributed by atoms with Crippen LogP contribution in [0.25, 0.3) is 0 Å². The van der Waals surface area contributed by atoms with Gasteiger partial charge in [-0.05, 0) is 44.9 Å². The molecule has 1 saturated heterocycles. The maximum atomic E-state index is 3.64. The van der Waals surface area contributed by atoms with E-state index in [1.165, 1.54) is 28.8 Å². The van der Waals surface area contributed by atoms with Crippen LogP contribution < -0.4 is 10.6 Å². The van der Waals surface area contributed by atoms with Gasteiger partial charge in [0, 0.05) is 18.3 Å². The van der Waals surface area contributed by atoms with Gasteiger partial charge in [-0.1, -0.05) is 17.7 Å². The number of aryl methyl sites for hydroxylation is 3. The third kappa shape index (κ3) is 2.32. The van der Waals surface area contributed by atoms with Crippen molar-refractivity contribution in [3.05, 3.63) is 28.8 Å². The van der Waals surface area contributed by atoms with Crippen LogP contribution in [-0.4, -0.2) is 19.1 Å². The van der Waals surface area contributed by atoms with Gasteiger partial charge in [0.25, 0.3) is 0 Å². The predicted molar refractivity (Wildman–Crippen MR) is 65.6 cm³/mol. The highest BCUT2D eigenvalue weighted by molar-refractivity contribution is 5.58. The van der Waals surface area contributed by atoms with Crippen LogP contribution in [0.1, 0.15) is 23.1 Å². The van der Waals surface area contributed by atoms with E-state index in [2.05, 4.69) is 43.5 Å². The summed E-state index contributed by atoms with van der Waals surface area (Å²) < 4.78 is 0. The molecule has 2 heteroatoms. The molecule has 2 N–H and O–H groups in total. The molecular weight excluding hydrogens is 184 g/mol. The minimum Gasteiger partial charge on any atom is -0.381 e. The fourth-order valence-electron chi connectivity index (χ4n) is 2.39. The summed E-state index contributed by atoms with van der Waals surface area (Å²) in [5, 5.41) is 7.02. The van der Waals surface area contributed by atoms with Gasteiger partial charge in [-0.3, -0.25) is 0 Å². The Kier molecular flexibility index (Phi) is 2.96. The fourth-order valence-corrected chi connectivity index (χ4v) is 2.39. The van der Waals surface area contributed by atoms with Crippen molar-refractivity contribution in [3.63, 3.8) is 0 Å². The van der Waals surface area contributed by atoms with Crippen molar-refractivity contribution < 1.29 is 0 Å². The number of hydrogen-bond acceptors (Lipinski definition) is 2. The lowest BCUT2D eigenvalue weighted by atomic mass is 10.0. The molecule has 0 spiro atoms. The van der Waals surface area contributed by atoms with Crippen molar-refractivity contribution in [2.45, 2.75) is 33.2 Å². The summed E-state index contributed by atoms with van der Waals surface area (Å²) >= 11 is 0. The standard InChI is InChI=1S/C13H20N2/c1-9-6-10(2)13(11(3)7-9)15-12-4-5-14-8-12/h6-7,12,14-15H,4-5,8H2,1-3H3. The quantitative estimate of drug-likeness (QED) is 0.773. The van der Waals surface area contributed by atoms with Crippen LogP contribution >= 0.6 is 0 Å². The molecule has 1 atom stereocenters. The van der Waals surface area contributed by atoms with Crippen molar-refractivity contribution in [2.75, 3.05) is 18.4 Å². The van der Waals surface area contributed by atoms with E-state index >= 15 is 0 Å². The molecule has 1 aromatic rings. The molecule has 0 amide bonds. The summed E-state index contributed by atoms with van der Waals surface area (Å²) in [4.78, 5) is 0. The summed E-state index contributed by atoms with van der Waals surface area (Å²) in [5.41, 5.74) is 5.40. The van der Waals surface area contributed by atoms with Gasteiger partial charge in [0.1, 0.15) is 0 Å². The van der Waals surface area contributed by atoms with Gasteiger partial charge in [0.2, 0.25) is 0 Å². The number of nitrogens with one attached hydrogen (secondary N) is 2. The molecule has 0 radical (unpaired) electrons. The molecule has 1 aliphatic heterocycles. The van der Waals surface area contributed by atoms with Gasteiger partial charge in [-0.2, -0.15) is 0 Å². The zero-order valence-corrected chi connectivity index (χ0v) is 9.85. The monoisotopic (exact) mass is 204 g/mol. The lowest BCUT2D eigenvalue weighted by Gasteiger charge is -2.18. The molecule has 15 heavy (non-hydrogen) atoms. The molecular formula is C13H20N2. The maximum Gasteiger partial charge on any atom is 0.0402 e. The summed E-state index contributed by atoms with van der Waals surface area (Å²) in [6, 6.07) is 5.10. The van der Waals surface area contributed by atoms with Crippen LogP contribution in [-0.2, 0) is 0 Å². The molecule has 0 aliphatic carbocycles. The molecule has 1 aliphatic rings. The molecule has 1 heterocycles. The Morgan fingerprint density at radius 2 is 1.87 bits per heavy atom. The largest absolute Gasteiger partial charge is 0.381 e. The molecule has 1 fully saturated rings. The predicted octanol–water partition coefficient (Wildman–Crippen LogP) is 2.39. The molecule has 1 aromatic carbocycles. The van der Waals surface area contributed by atoms with Gasteiger partial charge < -0.3 is 10.6 Å². The SMILES string of the molecule is Cc1cc(C)c(NC2CCNC2)c(C)c1. The van der Waals surface area contributed by atoms with E-state index in [0.717, 1.165) is 13.1 Å². The number of rotatable bonds is 2. The number of hydrogen-bond donors (Lipinski definition) is 2. The molecule has 82 valence electrons. The van der Waals surface area contributed by atoms with Crippen LogP contribution in [0.5, 0.6) is 0 Å². The van der Waals surface area contributed by atoms with Crippen molar-refractivity contribution >= 4 is 5.69 Å². The van der Waals surface area contributed by atoms with E-state index in [0.29, 0.717) is 6.04 Å². The third-order valence-corrected chi connectivity index (χ3v) is 3.09. The number of anilines is 1. The summed E-state index contributed by atoms with van der Waals surface area (Å²) in [6.07, 6.45) is 1.23. The Morgan fingerprint density at radius 1 is 1.20 bits per heavy atom. The van der Waals surface area contributed by atoms with Crippen molar-refractivity contribution in [3.8, 4) is 0 Å². The molecule has 0 saturated carbocycles. The van der Waals surface area contributed by atoms with Crippen LogP contribution in [0.15, 0.2) is 12.1 Å². The smallest absolute Gasteiger partial charge is 0.0402 e. The lowest BCUT2D eigenvalue weighted by Crippen LogP contribution is -2.23. The highest BCUT2D eigenvalue weighted by atomic mass is 15.0. The number of benzene rings is 1. The minimum atomic E-state index is 0.602. The van der Waals surface area contributed by atoms with Crippen LogP contribution in [0.3, 0.4) is 0 Å². The Bertz CT molecular complexity index is 329. The summed E-state index contributed by atoms with van der Waals surface area (Å²) in [7, 11) is 0. The highest BCUT2D eigenvalue weighted by Crippen LogP contribution is 2.23. The van der Waals surface area contributed by atoms with Crippen molar-refractivity contribution in [1.29, 1.82) is 0 Å². The van der Waals surface area contributed by atoms with Crippen LogP contribution in [0.4, 0.5) is 5.69 Å². The molecule has 2 nitrogen and oxygen atoms in total. The van der Waals surface area contributed by atoms with Gasteiger partial charge in [-0.15, -0.1) is 0 Å². The van der Waals surface area contributed by atoms with E-state index in [1.54, 1.807) is 0 Å². The van der Waals surface area contributed by atoms with E-state index < -0.39 is 0 Å². The normalized spacial score (nSPS) is 20.6. The second-order valence-corrected chi connectivity index (χ2v) is 4.61. The van der Waals surface area contributed by atoms with Crippen molar-refractivity contribution in [2.24, 2.45) is 0 Å². The maximum absolute atomic E-state index is 3.64. The topological polar surface area (TPSA) is 24.1 Å². The molecule has 0 bridgehead atoms. The van der Waals surface area contributed by atoms with Gasteiger partial charge in [-0.25, -0.2) is 0 Å².